The SMILES string of the molecule is CCCCC1CCC(C(=O)N2CCc3cc(OC)c(OC)cc3C2COc2cc(=O)oc3ccccc23)CC1. The topological polar surface area (TPSA) is 78.2 Å². The van der Waals surface area contributed by atoms with Gasteiger partial charge in [0, 0.05) is 12.5 Å². The summed E-state index contributed by atoms with van der Waals surface area (Å²) in [6.07, 6.45) is 8.63. The quantitative estimate of drug-likeness (QED) is 0.300. The van der Waals surface area contributed by atoms with Gasteiger partial charge in [-0.15, -0.1) is 0 Å². The Labute approximate surface area is 230 Å². The third kappa shape index (κ3) is 5.77. The standard InChI is InChI=1S/C32H39NO6/c1-4-5-8-21-11-13-22(14-12-21)32(35)33-16-15-23-17-29(36-2)30(37-3)18-25(23)26(33)20-38-28-19-31(34)39-27-10-7-6-9-24(27)28/h6-7,9-10,17-19,21-22,26H,4-5,8,11-16,20H2,1-3H3. The molecule has 1 fully saturated rings. The van der Waals surface area contributed by atoms with Crippen LogP contribution in [0.25, 0.3) is 11.0 Å². The minimum absolute atomic E-state index is 0.0386. The average molecular weight is 534 g/mol. The third-order valence-electron chi connectivity index (χ3n) is 8.46. The van der Waals surface area contributed by atoms with E-state index in [1.807, 2.05) is 35.2 Å². The first-order valence-corrected chi connectivity index (χ1v) is 14.2. The average Bonchev–Trinajstić information content (AvgIpc) is 2.97. The van der Waals surface area contributed by atoms with Gasteiger partial charge >= 0.3 is 5.63 Å². The molecular formula is C32H39NO6. The molecule has 1 amide bonds. The smallest absolute Gasteiger partial charge is 0.339 e. The van der Waals surface area contributed by atoms with Gasteiger partial charge in [-0.3, -0.25) is 4.79 Å². The second kappa shape index (κ2) is 12.1. The zero-order valence-electron chi connectivity index (χ0n) is 23.2. The third-order valence-corrected chi connectivity index (χ3v) is 8.46. The van der Waals surface area contributed by atoms with E-state index in [-0.39, 0.29) is 24.5 Å². The maximum atomic E-state index is 14.0. The number of nitrogens with zero attached hydrogens (tertiary/aromatic N) is 1. The van der Waals surface area contributed by atoms with E-state index in [2.05, 4.69) is 6.92 Å². The molecule has 1 unspecified atom stereocenters. The van der Waals surface area contributed by atoms with E-state index in [4.69, 9.17) is 18.6 Å². The predicted molar refractivity (Wildman–Crippen MR) is 151 cm³/mol. The highest BCUT2D eigenvalue weighted by molar-refractivity contribution is 5.83. The first kappa shape index (κ1) is 27.1. The van der Waals surface area contributed by atoms with Crippen molar-refractivity contribution in [1.29, 1.82) is 0 Å². The highest BCUT2D eigenvalue weighted by Gasteiger charge is 2.37. The zero-order valence-corrected chi connectivity index (χ0v) is 23.2. The fraction of sp³-hybridized carbons (Fsp3) is 0.500. The van der Waals surface area contributed by atoms with E-state index < -0.39 is 5.63 Å². The molecule has 0 N–H and O–H groups in total. The van der Waals surface area contributed by atoms with E-state index in [1.54, 1.807) is 20.3 Å². The van der Waals surface area contributed by atoms with Gasteiger partial charge in [-0.25, -0.2) is 4.79 Å². The van der Waals surface area contributed by atoms with Gasteiger partial charge in [-0.1, -0.05) is 38.3 Å². The van der Waals surface area contributed by atoms with Crippen LogP contribution >= 0.6 is 0 Å². The molecule has 1 saturated carbocycles. The maximum absolute atomic E-state index is 14.0. The lowest BCUT2D eigenvalue weighted by atomic mass is 9.78. The number of benzene rings is 2. The summed E-state index contributed by atoms with van der Waals surface area (Å²) in [5.41, 5.74) is 2.12. The first-order chi connectivity index (χ1) is 19.0. The first-order valence-electron chi connectivity index (χ1n) is 14.2. The molecule has 3 aromatic rings. The Bertz CT molecular complexity index is 1360. The van der Waals surface area contributed by atoms with Crippen molar-refractivity contribution in [2.75, 3.05) is 27.4 Å². The Hall–Kier alpha value is -3.48. The normalized spacial score (nSPS) is 20.9. The number of hydrogen-bond acceptors (Lipinski definition) is 6. The van der Waals surface area contributed by atoms with Crippen LogP contribution in [0.3, 0.4) is 0 Å². The lowest BCUT2D eigenvalue weighted by Gasteiger charge is -2.40. The van der Waals surface area contributed by atoms with E-state index in [0.29, 0.717) is 29.4 Å². The van der Waals surface area contributed by atoms with Gasteiger partial charge in [-0.05, 0) is 73.4 Å². The molecule has 0 saturated heterocycles. The number of fused-ring (bicyclic) bond motifs is 2. The number of unbranched alkanes of at least 4 members (excludes halogenated alkanes) is 1. The summed E-state index contributed by atoms with van der Waals surface area (Å²) in [5, 5.41) is 0.726. The lowest BCUT2D eigenvalue weighted by molar-refractivity contribution is -0.140. The monoisotopic (exact) mass is 533 g/mol. The lowest BCUT2D eigenvalue weighted by Crippen LogP contribution is -2.46. The molecule has 39 heavy (non-hydrogen) atoms. The van der Waals surface area contributed by atoms with Gasteiger partial charge in [0.2, 0.25) is 5.91 Å². The van der Waals surface area contributed by atoms with E-state index >= 15 is 0 Å². The molecule has 0 bridgehead atoms. The second-order valence-corrected chi connectivity index (χ2v) is 10.8. The minimum atomic E-state index is -0.466. The Morgan fingerprint density at radius 3 is 2.49 bits per heavy atom. The molecule has 0 radical (unpaired) electrons. The fourth-order valence-corrected chi connectivity index (χ4v) is 6.27. The van der Waals surface area contributed by atoms with Crippen molar-refractivity contribution in [3.63, 3.8) is 0 Å². The van der Waals surface area contributed by atoms with Crippen molar-refractivity contribution in [3.05, 3.63) is 64.0 Å². The van der Waals surface area contributed by atoms with Crippen LogP contribution in [0.5, 0.6) is 17.2 Å². The summed E-state index contributed by atoms with van der Waals surface area (Å²) in [7, 11) is 3.25. The van der Waals surface area contributed by atoms with Gasteiger partial charge in [-0.2, -0.15) is 0 Å². The van der Waals surface area contributed by atoms with Crippen molar-refractivity contribution < 1.29 is 23.4 Å². The summed E-state index contributed by atoms with van der Waals surface area (Å²) in [6, 6.07) is 12.4. The van der Waals surface area contributed by atoms with Gasteiger partial charge in [0.25, 0.3) is 0 Å². The molecule has 0 spiro atoms. The molecule has 1 atom stereocenters. The van der Waals surface area contributed by atoms with Crippen LogP contribution in [0, 0.1) is 11.8 Å². The van der Waals surface area contributed by atoms with Gasteiger partial charge in [0.15, 0.2) is 11.5 Å². The van der Waals surface area contributed by atoms with Crippen LogP contribution in [0.4, 0.5) is 0 Å². The molecule has 2 aromatic carbocycles. The van der Waals surface area contributed by atoms with Gasteiger partial charge in [0.1, 0.15) is 17.9 Å². The summed E-state index contributed by atoms with van der Waals surface area (Å²) in [6.45, 7) is 3.07. The number of carbonyl (C=O) groups is 1. The van der Waals surface area contributed by atoms with E-state index in [0.717, 1.165) is 54.5 Å². The van der Waals surface area contributed by atoms with Crippen molar-refractivity contribution in [3.8, 4) is 17.2 Å². The van der Waals surface area contributed by atoms with Crippen LogP contribution in [-0.2, 0) is 11.2 Å². The van der Waals surface area contributed by atoms with Crippen LogP contribution in [-0.4, -0.2) is 38.2 Å². The fourth-order valence-electron chi connectivity index (χ4n) is 6.27. The predicted octanol–water partition coefficient (Wildman–Crippen LogP) is 6.31. The molecule has 5 rings (SSSR count). The molecule has 7 nitrogen and oxygen atoms in total. The molecule has 208 valence electrons. The largest absolute Gasteiger partial charge is 0.493 e. The summed E-state index contributed by atoms with van der Waals surface area (Å²) >= 11 is 0. The molecule has 2 aliphatic rings. The molecular weight excluding hydrogens is 494 g/mol. The Morgan fingerprint density at radius 2 is 1.74 bits per heavy atom. The van der Waals surface area contributed by atoms with E-state index in [1.165, 1.54) is 25.3 Å². The summed E-state index contributed by atoms with van der Waals surface area (Å²) in [5.74, 6) is 2.74. The van der Waals surface area contributed by atoms with Crippen molar-refractivity contribution in [1.82, 2.24) is 4.90 Å². The molecule has 7 heteroatoms. The number of ether oxygens (including phenoxy) is 3. The molecule has 1 aromatic heterocycles. The van der Waals surface area contributed by atoms with Crippen molar-refractivity contribution in [2.24, 2.45) is 11.8 Å². The number of para-hydroxylation sites is 1. The van der Waals surface area contributed by atoms with Gasteiger partial charge < -0.3 is 23.5 Å². The van der Waals surface area contributed by atoms with Crippen LogP contribution in [0.1, 0.15) is 69.0 Å². The number of carbonyl (C=O) groups excluding carboxylic acids is 1. The van der Waals surface area contributed by atoms with Gasteiger partial charge in [0.05, 0.1) is 31.7 Å². The number of amides is 1. The minimum Gasteiger partial charge on any atom is -0.493 e. The number of methoxy groups -OCH3 is 2. The van der Waals surface area contributed by atoms with Crippen LogP contribution in [0.2, 0.25) is 0 Å². The van der Waals surface area contributed by atoms with Crippen LogP contribution < -0.4 is 19.8 Å². The number of rotatable bonds is 9. The Morgan fingerprint density at radius 1 is 1.00 bits per heavy atom. The second-order valence-electron chi connectivity index (χ2n) is 10.8. The molecule has 1 aliphatic heterocycles. The highest BCUT2D eigenvalue weighted by atomic mass is 16.5. The highest BCUT2D eigenvalue weighted by Crippen LogP contribution is 2.41. The van der Waals surface area contributed by atoms with Crippen LogP contribution in [0.15, 0.2) is 51.7 Å². The van der Waals surface area contributed by atoms with Crippen molar-refractivity contribution >= 4 is 16.9 Å². The zero-order chi connectivity index (χ0) is 27.4. The molecule has 2 heterocycles. The summed E-state index contributed by atoms with van der Waals surface area (Å²) in [4.78, 5) is 28.2. The van der Waals surface area contributed by atoms with E-state index in [9.17, 15) is 9.59 Å². The Kier molecular flexibility index (Phi) is 8.44. The maximum Gasteiger partial charge on any atom is 0.339 e. The number of hydrogen-bond donors (Lipinski definition) is 0. The van der Waals surface area contributed by atoms with Crippen molar-refractivity contribution in [2.45, 2.75) is 64.3 Å². The Balaban J connectivity index is 1.43. The molecule has 1 aliphatic carbocycles. The summed E-state index contributed by atoms with van der Waals surface area (Å²) < 4.78 is 22.9.